The fraction of sp³-hybridized carbons (Fsp3) is 0.263. The molecule has 25 heavy (non-hydrogen) atoms. The van der Waals surface area contributed by atoms with Crippen molar-refractivity contribution >= 4 is 16.8 Å². The first kappa shape index (κ1) is 14.6. The number of rotatable bonds is 3. The smallest absolute Gasteiger partial charge is 0.250 e. The highest BCUT2D eigenvalue weighted by molar-refractivity contribution is 6.04. The summed E-state index contributed by atoms with van der Waals surface area (Å²) in [6.45, 7) is 1.41. The average Bonchev–Trinajstić information content (AvgIpc) is 3.05. The van der Waals surface area contributed by atoms with Gasteiger partial charge in [0.1, 0.15) is 17.0 Å². The first-order valence-corrected chi connectivity index (χ1v) is 8.27. The number of primary amides is 1. The summed E-state index contributed by atoms with van der Waals surface area (Å²) in [6.07, 6.45) is 3.26. The van der Waals surface area contributed by atoms with Gasteiger partial charge < -0.3 is 11.1 Å². The minimum atomic E-state index is -0.814. The number of halogens is 1. The van der Waals surface area contributed by atoms with Gasteiger partial charge in [-0.2, -0.15) is 5.10 Å². The predicted molar refractivity (Wildman–Crippen MR) is 94.4 cm³/mol. The topological polar surface area (TPSA) is 72.9 Å². The van der Waals surface area contributed by atoms with E-state index in [-0.39, 0.29) is 5.69 Å². The molecule has 0 spiro atoms. The molecule has 2 heterocycles. The number of carbonyl (C=O) groups excluding carboxylic acids is 1. The molecule has 128 valence electrons. The monoisotopic (exact) mass is 339 g/mol. The minimum absolute atomic E-state index is 0.271. The third-order valence-electron chi connectivity index (χ3n) is 4.58. The maximum Gasteiger partial charge on any atom is 0.250 e. The molecule has 0 aliphatic carbocycles. The van der Waals surface area contributed by atoms with Crippen LogP contribution in [0.1, 0.15) is 36.0 Å². The Morgan fingerprint density at radius 2 is 2.28 bits per heavy atom. The molecule has 4 rings (SSSR count). The van der Waals surface area contributed by atoms with Crippen LogP contribution < -0.4 is 11.1 Å². The van der Waals surface area contributed by atoms with E-state index in [1.165, 1.54) is 10.7 Å². The summed E-state index contributed by atoms with van der Waals surface area (Å²) in [5, 5.41) is 8.25. The van der Waals surface area contributed by atoms with Gasteiger partial charge in [-0.25, -0.2) is 9.07 Å². The van der Waals surface area contributed by atoms with Crippen LogP contribution in [0.25, 0.3) is 16.6 Å². The van der Waals surface area contributed by atoms with Crippen molar-refractivity contribution in [2.24, 2.45) is 5.73 Å². The van der Waals surface area contributed by atoms with Crippen LogP contribution in [-0.4, -0.2) is 28.8 Å². The first-order chi connectivity index (χ1) is 12.5. The molecule has 0 saturated carbocycles. The van der Waals surface area contributed by atoms with Crippen LogP contribution in [-0.2, 0) is 0 Å². The number of carbonyl (C=O) groups is 1. The Morgan fingerprint density at radius 1 is 1.40 bits per heavy atom. The summed E-state index contributed by atoms with van der Waals surface area (Å²) in [4.78, 5) is 11.6. The second kappa shape index (κ2) is 6.29. The number of amides is 1. The lowest BCUT2D eigenvalue weighted by Gasteiger charge is -2.23. The lowest BCUT2D eigenvalue weighted by Crippen LogP contribution is -2.28. The highest BCUT2D eigenvalue weighted by atomic mass is 19.1. The molecule has 1 atom stereocenters. The van der Waals surface area contributed by atoms with E-state index in [2.05, 4.69) is 10.4 Å². The predicted octanol–water partition coefficient (Wildman–Crippen LogP) is 2.73. The van der Waals surface area contributed by atoms with Gasteiger partial charge in [0, 0.05) is 19.5 Å². The third-order valence-corrected chi connectivity index (χ3v) is 4.58. The van der Waals surface area contributed by atoms with E-state index in [0.717, 1.165) is 13.0 Å². The molecule has 1 aliphatic heterocycles. The summed E-state index contributed by atoms with van der Waals surface area (Å²) < 4.78 is 24.8. The highest BCUT2D eigenvalue weighted by Gasteiger charge is 2.18. The number of benzene rings is 2. The molecule has 5 nitrogen and oxygen atoms in total. The van der Waals surface area contributed by atoms with Gasteiger partial charge in [0.25, 0.3) is 5.91 Å². The molecule has 0 radical (unpaired) electrons. The number of hydrogen-bond acceptors (Lipinski definition) is 3. The molecule has 1 saturated heterocycles. The van der Waals surface area contributed by atoms with Crippen molar-refractivity contribution in [1.29, 1.82) is 0 Å². The van der Waals surface area contributed by atoms with Gasteiger partial charge in [-0.15, -0.1) is 0 Å². The van der Waals surface area contributed by atoms with E-state index < -0.39 is 17.6 Å². The largest absolute Gasteiger partial charge is 0.366 e. The molecule has 1 fully saturated rings. The summed E-state index contributed by atoms with van der Waals surface area (Å²) in [5.41, 5.74) is 7.05. The quantitative estimate of drug-likeness (QED) is 0.771. The number of nitrogens with one attached hydrogen (secondary N) is 1. The van der Waals surface area contributed by atoms with Crippen molar-refractivity contribution in [3.05, 3.63) is 59.5 Å². The standard InChI is InChI=1S/C19H19FN4O/c20-16-9-12(13-4-2-8-22-10-13)6-7-17(16)24-11-14-3-1-5-15(19(21)25)18(14)23-24/h1,3,5-7,9,11,13,22H,2,4,8,10H2,(H2,21,25)/i13D. The fourth-order valence-corrected chi connectivity index (χ4v) is 3.28. The Balaban J connectivity index is 1.76. The van der Waals surface area contributed by atoms with Gasteiger partial charge in [-0.3, -0.25) is 4.79 Å². The van der Waals surface area contributed by atoms with E-state index >= 15 is 0 Å². The molecular formula is C19H19FN4O. The molecule has 3 N–H and O–H groups in total. The van der Waals surface area contributed by atoms with Gasteiger partial charge in [0.2, 0.25) is 0 Å². The molecule has 3 aromatic rings. The molecule has 1 amide bonds. The zero-order chi connectivity index (χ0) is 18.3. The molecule has 6 heteroatoms. The lowest BCUT2D eigenvalue weighted by molar-refractivity contribution is 0.100. The van der Waals surface area contributed by atoms with E-state index in [9.17, 15) is 9.18 Å². The van der Waals surface area contributed by atoms with Crippen molar-refractivity contribution < 1.29 is 10.6 Å². The van der Waals surface area contributed by atoms with Gasteiger partial charge >= 0.3 is 0 Å². The molecule has 1 aromatic heterocycles. The lowest BCUT2D eigenvalue weighted by atomic mass is 9.91. The summed E-state index contributed by atoms with van der Waals surface area (Å²) in [6, 6.07) is 9.93. The van der Waals surface area contributed by atoms with Crippen LogP contribution in [0.4, 0.5) is 4.39 Å². The third kappa shape index (κ3) is 2.89. The van der Waals surface area contributed by atoms with E-state index in [4.69, 9.17) is 7.10 Å². The van der Waals surface area contributed by atoms with Gasteiger partial charge in [0.15, 0.2) is 0 Å². The number of piperidine rings is 1. The summed E-state index contributed by atoms with van der Waals surface area (Å²) >= 11 is 0. The number of nitrogens with two attached hydrogens (primary N) is 1. The normalized spacial score (nSPS) is 21.2. The number of nitrogens with zero attached hydrogens (tertiary/aromatic N) is 2. The van der Waals surface area contributed by atoms with Crippen LogP contribution >= 0.6 is 0 Å². The Labute approximate surface area is 146 Å². The molecule has 0 bridgehead atoms. The maximum absolute atomic E-state index is 14.8. The van der Waals surface area contributed by atoms with Gasteiger partial charge in [0.05, 0.1) is 5.56 Å². The molecular weight excluding hydrogens is 319 g/mol. The zero-order valence-electron chi connectivity index (χ0n) is 14.6. The van der Waals surface area contributed by atoms with Gasteiger partial charge in [-0.1, -0.05) is 18.2 Å². The van der Waals surface area contributed by atoms with Crippen LogP contribution in [0, 0.1) is 5.82 Å². The van der Waals surface area contributed by atoms with Crippen LogP contribution in [0.15, 0.2) is 42.6 Å². The van der Waals surface area contributed by atoms with Crippen LogP contribution in [0.3, 0.4) is 0 Å². The highest BCUT2D eigenvalue weighted by Crippen LogP contribution is 2.27. The van der Waals surface area contributed by atoms with Crippen molar-refractivity contribution in [3.8, 4) is 5.69 Å². The minimum Gasteiger partial charge on any atom is -0.366 e. The van der Waals surface area contributed by atoms with Crippen LogP contribution in [0.2, 0.25) is 0 Å². The summed E-state index contributed by atoms with van der Waals surface area (Å²) in [7, 11) is 0. The fourth-order valence-electron chi connectivity index (χ4n) is 3.28. The second-order valence-electron chi connectivity index (χ2n) is 6.23. The van der Waals surface area contributed by atoms with E-state index in [1.54, 1.807) is 36.5 Å². The molecule has 1 unspecified atom stereocenters. The first-order valence-electron chi connectivity index (χ1n) is 8.77. The van der Waals surface area contributed by atoms with Crippen molar-refractivity contribution in [1.82, 2.24) is 15.1 Å². The van der Waals surface area contributed by atoms with Crippen LogP contribution in [0.5, 0.6) is 0 Å². The van der Waals surface area contributed by atoms with Crippen molar-refractivity contribution in [3.63, 3.8) is 0 Å². The number of aromatic nitrogens is 2. The second-order valence-corrected chi connectivity index (χ2v) is 6.23. The average molecular weight is 339 g/mol. The summed E-state index contributed by atoms with van der Waals surface area (Å²) in [5.74, 6) is -1.84. The van der Waals surface area contributed by atoms with E-state index in [0.29, 0.717) is 35.0 Å². The number of fused-ring (bicyclic) bond motifs is 1. The number of hydrogen-bond donors (Lipinski definition) is 2. The Morgan fingerprint density at radius 3 is 3.00 bits per heavy atom. The molecule has 1 aliphatic rings. The SMILES string of the molecule is [2H]C1(c2ccc(-n3cc4cccc(C(N)=O)c4n3)c(F)c2)CCCNC1. The Hall–Kier alpha value is -2.73. The van der Waals surface area contributed by atoms with Crippen molar-refractivity contribution in [2.45, 2.75) is 18.7 Å². The van der Waals surface area contributed by atoms with Crippen molar-refractivity contribution in [2.75, 3.05) is 13.1 Å². The van der Waals surface area contributed by atoms with Gasteiger partial charge in [-0.05, 0) is 49.0 Å². The maximum atomic E-state index is 14.8. The zero-order valence-corrected chi connectivity index (χ0v) is 13.6. The Bertz CT molecular complexity index is 994. The Kier molecular flexibility index (Phi) is 3.67. The molecule has 2 aromatic carbocycles. The van der Waals surface area contributed by atoms with E-state index in [1.807, 2.05) is 0 Å².